The van der Waals surface area contributed by atoms with E-state index in [1.165, 1.54) is 31.7 Å². The normalized spacial score (nSPS) is 29.8. The molecule has 2 nitrogen and oxygen atoms in total. The molecule has 2 heterocycles. The summed E-state index contributed by atoms with van der Waals surface area (Å²) < 4.78 is 14.5. The highest BCUT2D eigenvalue weighted by Crippen LogP contribution is 2.42. The van der Waals surface area contributed by atoms with Gasteiger partial charge in [-0.2, -0.15) is 0 Å². The van der Waals surface area contributed by atoms with Crippen LogP contribution in [0.4, 0.5) is 10.1 Å². The van der Waals surface area contributed by atoms with Crippen LogP contribution in [0, 0.1) is 5.82 Å². The van der Waals surface area contributed by atoms with Crippen molar-refractivity contribution in [1.82, 2.24) is 5.32 Å². The van der Waals surface area contributed by atoms with Gasteiger partial charge in [0.1, 0.15) is 5.82 Å². The molecule has 2 aliphatic heterocycles. The Morgan fingerprint density at radius 3 is 2.63 bits per heavy atom. The standard InChI is InChI=1S/C15H20BrFN2/c1-2-18-11-8-12-4-5-13(9-11)19(12)15-7-10(17)3-6-14(15)16/h3,6-7,11-13,18H,2,4-5,8-9H2,1H3. The molecule has 2 aliphatic rings. The predicted molar refractivity (Wildman–Crippen MR) is 80.1 cm³/mol. The first-order chi connectivity index (χ1) is 9.19. The van der Waals surface area contributed by atoms with Gasteiger partial charge in [0.2, 0.25) is 0 Å². The van der Waals surface area contributed by atoms with Crippen molar-refractivity contribution in [2.75, 3.05) is 11.4 Å². The molecule has 1 N–H and O–H groups in total. The van der Waals surface area contributed by atoms with Gasteiger partial charge >= 0.3 is 0 Å². The molecule has 104 valence electrons. The summed E-state index contributed by atoms with van der Waals surface area (Å²) in [6, 6.07) is 6.75. The minimum Gasteiger partial charge on any atom is -0.364 e. The largest absolute Gasteiger partial charge is 0.364 e. The van der Waals surface area contributed by atoms with Crippen molar-refractivity contribution >= 4 is 21.6 Å². The summed E-state index contributed by atoms with van der Waals surface area (Å²) in [7, 11) is 0. The van der Waals surface area contributed by atoms with E-state index >= 15 is 0 Å². The Balaban J connectivity index is 1.85. The summed E-state index contributed by atoms with van der Waals surface area (Å²) in [5.41, 5.74) is 1.03. The van der Waals surface area contributed by atoms with Crippen molar-refractivity contribution in [3.63, 3.8) is 0 Å². The van der Waals surface area contributed by atoms with Gasteiger partial charge in [0, 0.05) is 22.6 Å². The first-order valence-corrected chi connectivity index (χ1v) is 7.95. The van der Waals surface area contributed by atoms with E-state index in [0.717, 1.165) is 16.7 Å². The van der Waals surface area contributed by atoms with Gasteiger partial charge in [0.15, 0.2) is 0 Å². The fraction of sp³-hybridized carbons (Fsp3) is 0.600. The lowest BCUT2D eigenvalue weighted by molar-refractivity contribution is 0.361. The molecule has 1 aromatic rings. The van der Waals surface area contributed by atoms with Crippen molar-refractivity contribution in [2.45, 2.75) is 50.7 Å². The van der Waals surface area contributed by atoms with Crippen LogP contribution >= 0.6 is 15.9 Å². The summed E-state index contributed by atoms with van der Waals surface area (Å²) in [5.74, 6) is -0.147. The number of benzene rings is 1. The highest BCUT2D eigenvalue weighted by molar-refractivity contribution is 9.10. The van der Waals surface area contributed by atoms with Crippen LogP contribution in [0.2, 0.25) is 0 Å². The number of anilines is 1. The second kappa shape index (κ2) is 5.41. The Morgan fingerprint density at radius 2 is 2.00 bits per heavy atom. The van der Waals surface area contributed by atoms with Crippen LogP contribution < -0.4 is 10.2 Å². The molecule has 2 saturated heterocycles. The van der Waals surface area contributed by atoms with Gasteiger partial charge in [0.25, 0.3) is 0 Å². The number of rotatable bonds is 3. The lowest BCUT2D eigenvalue weighted by Gasteiger charge is -2.41. The molecule has 0 aliphatic carbocycles. The van der Waals surface area contributed by atoms with Gasteiger partial charge < -0.3 is 10.2 Å². The fourth-order valence-corrected chi connectivity index (χ4v) is 4.16. The Bertz CT molecular complexity index is 451. The maximum absolute atomic E-state index is 13.5. The third-order valence-electron chi connectivity index (χ3n) is 4.41. The zero-order valence-corrected chi connectivity index (χ0v) is 12.8. The van der Waals surface area contributed by atoms with E-state index in [1.54, 1.807) is 6.07 Å². The van der Waals surface area contributed by atoms with Gasteiger partial charge in [0.05, 0.1) is 5.69 Å². The first kappa shape index (κ1) is 13.4. The Morgan fingerprint density at radius 1 is 1.32 bits per heavy atom. The molecule has 0 saturated carbocycles. The molecule has 19 heavy (non-hydrogen) atoms. The van der Waals surface area contributed by atoms with Gasteiger partial charge in [-0.1, -0.05) is 6.92 Å². The molecule has 0 radical (unpaired) electrons. The zero-order valence-electron chi connectivity index (χ0n) is 11.2. The number of nitrogens with zero attached hydrogens (tertiary/aromatic N) is 1. The molecule has 4 heteroatoms. The third kappa shape index (κ3) is 2.52. The first-order valence-electron chi connectivity index (χ1n) is 7.15. The van der Waals surface area contributed by atoms with E-state index < -0.39 is 0 Å². The maximum atomic E-state index is 13.5. The number of hydrogen-bond donors (Lipinski definition) is 1. The van der Waals surface area contributed by atoms with Crippen LogP contribution in [0.5, 0.6) is 0 Å². The monoisotopic (exact) mass is 326 g/mol. The van der Waals surface area contributed by atoms with Crippen LogP contribution in [0.15, 0.2) is 22.7 Å². The maximum Gasteiger partial charge on any atom is 0.125 e. The highest BCUT2D eigenvalue weighted by atomic mass is 79.9. The minimum atomic E-state index is -0.147. The van der Waals surface area contributed by atoms with Crippen molar-refractivity contribution in [3.05, 3.63) is 28.5 Å². The van der Waals surface area contributed by atoms with Crippen molar-refractivity contribution in [2.24, 2.45) is 0 Å². The topological polar surface area (TPSA) is 15.3 Å². The minimum absolute atomic E-state index is 0.147. The quantitative estimate of drug-likeness (QED) is 0.911. The smallest absolute Gasteiger partial charge is 0.125 e. The van der Waals surface area contributed by atoms with Crippen LogP contribution in [-0.4, -0.2) is 24.7 Å². The van der Waals surface area contributed by atoms with Crippen LogP contribution in [0.1, 0.15) is 32.6 Å². The summed E-state index contributed by atoms with van der Waals surface area (Å²) in [6.07, 6.45) is 4.81. The summed E-state index contributed by atoms with van der Waals surface area (Å²) >= 11 is 3.57. The molecule has 2 fully saturated rings. The molecule has 1 aromatic carbocycles. The zero-order chi connectivity index (χ0) is 13.4. The lowest BCUT2D eigenvalue weighted by Crippen LogP contribution is -2.49. The fourth-order valence-electron chi connectivity index (χ4n) is 3.71. The molecule has 2 atom stereocenters. The van der Waals surface area contributed by atoms with E-state index in [1.807, 2.05) is 6.07 Å². The Kier molecular flexibility index (Phi) is 3.81. The lowest BCUT2D eigenvalue weighted by atomic mass is 9.96. The third-order valence-corrected chi connectivity index (χ3v) is 5.08. The van der Waals surface area contributed by atoms with Gasteiger partial charge in [-0.25, -0.2) is 4.39 Å². The molecular formula is C15H20BrFN2. The van der Waals surface area contributed by atoms with Crippen LogP contribution in [0.3, 0.4) is 0 Å². The van der Waals surface area contributed by atoms with E-state index in [9.17, 15) is 4.39 Å². The van der Waals surface area contributed by atoms with E-state index in [-0.39, 0.29) is 5.82 Å². The van der Waals surface area contributed by atoms with Gasteiger partial charge in [-0.05, 0) is 66.4 Å². The molecular weight excluding hydrogens is 307 g/mol. The summed E-state index contributed by atoms with van der Waals surface area (Å²) in [4.78, 5) is 2.45. The average Bonchev–Trinajstić information content (AvgIpc) is 2.64. The van der Waals surface area contributed by atoms with E-state index in [0.29, 0.717) is 18.1 Å². The molecule has 3 rings (SSSR count). The summed E-state index contributed by atoms with van der Waals surface area (Å²) in [6.45, 7) is 3.20. The molecule has 2 bridgehead atoms. The molecule has 0 spiro atoms. The summed E-state index contributed by atoms with van der Waals surface area (Å²) in [5, 5.41) is 3.57. The van der Waals surface area contributed by atoms with E-state index in [2.05, 4.69) is 33.1 Å². The molecule has 2 unspecified atom stereocenters. The second-order valence-electron chi connectivity index (χ2n) is 5.61. The number of fused-ring (bicyclic) bond motifs is 2. The van der Waals surface area contributed by atoms with Gasteiger partial charge in [-0.3, -0.25) is 0 Å². The van der Waals surface area contributed by atoms with Gasteiger partial charge in [-0.15, -0.1) is 0 Å². The van der Waals surface area contributed by atoms with Crippen molar-refractivity contribution < 1.29 is 4.39 Å². The van der Waals surface area contributed by atoms with Crippen LogP contribution in [-0.2, 0) is 0 Å². The number of hydrogen-bond acceptors (Lipinski definition) is 2. The SMILES string of the molecule is CCNC1CC2CCC(C1)N2c1cc(F)ccc1Br. The molecule has 0 aromatic heterocycles. The van der Waals surface area contributed by atoms with Crippen molar-refractivity contribution in [3.8, 4) is 0 Å². The number of nitrogens with one attached hydrogen (secondary N) is 1. The molecule has 0 amide bonds. The second-order valence-corrected chi connectivity index (χ2v) is 6.47. The average molecular weight is 327 g/mol. The Hall–Kier alpha value is -0.610. The van der Waals surface area contributed by atoms with Crippen LogP contribution in [0.25, 0.3) is 0 Å². The predicted octanol–water partition coefficient (Wildman–Crippen LogP) is 3.70. The number of halogens is 2. The highest BCUT2D eigenvalue weighted by Gasteiger charge is 2.41. The van der Waals surface area contributed by atoms with Crippen molar-refractivity contribution in [1.29, 1.82) is 0 Å². The number of piperidine rings is 1. The van der Waals surface area contributed by atoms with E-state index in [4.69, 9.17) is 0 Å². The Labute approximate surface area is 122 Å².